The second-order valence-corrected chi connectivity index (χ2v) is 29.2. The van der Waals surface area contributed by atoms with Gasteiger partial charge in [-0.25, -0.2) is 29.5 Å². The third kappa shape index (κ3) is 24.0. The fourth-order valence-electron chi connectivity index (χ4n) is 12.3. The van der Waals surface area contributed by atoms with Crippen LogP contribution < -0.4 is 43.9 Å². The number of hydrogen-bond acceptors (Lipinski definition) is 19. The number of halogens is 1. The van der Waals surface area contributed by atoms with E-state index in [1.54, 1.807) is 30.6 Å². The smallest absolute Gasteiger partial charge is 0.444 e. The van der Waals surface area contributed by atoms with Crippen LogP contribution in [0.3, 0.4) is 0 Å². The number of aromatic nitrogens is 4. The summed E-state index contributed by atoms with van der Waals surface area (Å²) >= 11 is 3.23. The predicted molar refractivity (Wildman–Crippen MR) is 445 cm³/mol. The molecule has 4 aromatic heterocycles. The number of anilines is 7. The van der Waals surface area contributed by atoms with Crippen LogP contribution in [0.1, 0.15) is 85.6 Å². The number of carbonyl (C=O) groups is 3. The van der Waals surface area contributed by atoms with Crippen molar-refractivity contribution in [2.45, 2.75) is 110 Å². The summed E-state index contributed by atoms with van der Waals surface area (Å²) in [5.41, 5.74) is 26.2. The number of nitrogens with one attached hydrogen (secondary N) is 4. The molecule has 3 aliphatic heterocycles. The molecule has 0 bridgehead atoms. The molecule has 0 radical (unpaired) electrons. The molecule has 12 N–H and O–H groups in total. The van der Waals surface area contributed by atoms with Crippen LogP contribution in [-0.2, 0) is 28.5 Å². The molecule has 0 atom stereocenters. The Bertz CT molecular complexity index is 4970. The zero-order valence-electron chi connectivity index (χ0n) is 62.6. The largest absolute Gasteiger partial charge is 0.489 e. The molecule has 23 heteroatoms. The molecule has 0 unspecified atom stereocenters. The van der Waals surface area contributed by atoms with Gasteiger partial charge in [0.05, 0.1) is 24.6 Å². The lowest BCUT2D eigenvalue weighted by atomic mass is 9.76. The van der Waals surface area contributed by atoms with Gasteiger partial charge in [-0.2, -0.15) is 0 Å². The van der Waals surface area contributed by atoms with E-state index in [2.05, 4.69) is 99.6 Å². The summed E-state index contributed by atoms with van der Waals surface area (Å²) in [7, 11) is -1.40. The number of benzene rings is 8. The molecule has 564 valence electrons. The molecular weight excluding hydrogens is 1440 g/mol. The SMILES string of the molecule is CC(C)(C)OC(=O)Nc1ccc(-c2ccc(N)nc2)c2ccccc12.CC(C)(C)OC(=O)Nc1ccc(-c2ccc(NC3CCOCC3)nc2)c2ccccc12.Cc1ccc(B(O)O)c2ccccc12.Nc1ccc(-c2ccc(NC3CCOCC3)nc2)c2ccccc12.Nc1ccc(Br)cn1.O=C1CCOCC1. The number of nitrogen functional groups attached to an aromatic ring is 3. The molecular formula is C86H95BBrN11O10. The van der Waals surface area contributed by atoms with Gasteiger partial charge in [0, 0.05) is 119 Å². The summed E-state index contributed by atoms with van der Waals surface area (Å²) in [6, 6.07) is 63.7. The number of amides is 2. The summed E-state index contributed by atoms with van der Waals surface area (Å²) in [4.78, 5) is 52.0. The summed E-state index contributed by atoms with van der Waals surface area (Å²) in [5, 5.41) is 39.2. The first kappa shape index (κ1) is 80.5. The van der Waals surface area contributed by atoms with Gasteiger partial charge in [0.2, 0.25) is 0 Å². The number of nitrogens with zero attached hydrogens (tertiary/aromatic N) is 4. The normalized spacial score (nSPS) is 13.7. The van der Waals surface area contributed by atoms with Gasteiger partial charge < -0.3 is 61.6 Å². The second kappa shape index (κ2) is 38.7. The van der Waals surface area contributed by atoms with Gasteiger partial charge in [-0.3, -0.25) is 15.4 Å². The van der Waals surface area contributed by atoms with Crippen LogP contribution in [0.2, 0.25) is 0 Å². The van der Waals surface area contributed by atoms with Gasteiger partial charge in [-0.1, -0.05) is 127 Å². The Morgan fingerprint density at radius 1 is 0.450 bits per heavy atom. The van der Waals surface area contributed by atoms with E-state index in [1.165, 1.54) is 0 Å². The summed E-state index contributed by atoms with van der Waals surface area (Å²) in [6.45, 7) is 17.6. The van der Waals surface area contributed by atoms with Crippen LogP contribution in [0.25, 0.3) is 76.5 Å². The topological polar surface area (TPSA) is 316 Å². The van der Waals surface area contributed by atoms with Crippen molar-refractivity contribution in [3.05, 3.63) is 229 Å². The van der Waals surface area contributed by atoms with Crippen molar-refractivity contribution in [2.24, 2.45) is 0 Å². The third-order valence-electron chi connectivity index (χ3n) is 17.7. The standard InChI is InChI=1S/C25H29N3O3.C20H21N3O2.C20H21N3O.C11H11BO2.C5H5BrN2.C5H8O2/c1-25(2,3)31-24(29)28-22-10-9-19(20-6-4-5-7-21(20)22)17-8-11-23(26-16-17)27-18-12-14-30-15-13-18;1-20(2,3)25-19(24)23-17-10-9-14(13-8-11-18(21)22-12-13)15-6-4-5-7-16(15)17;21-19-7-6-16(17-3-1-2-4-18(17)19)14-5-8-20(22-13-14)23-15-9-11-24-12-10-15;1-8-6-7-11(12(13)14)10-5-3-2-4-9(8)10;6-4-1-2-5(7)8-3-4;6-5-1-3-7-4-2-5/h4-11,16,18H,12-15H2,1-3H3,(H,26,27)(H,28,29);4-12H,1-3H3,(H2,21,22)(H,23,24);1-8,13,15H,9-12,21H2,(H,22,23);2-7,13-14H,1H3;1-3H,(H2,7,8);1-4H2. The van der Waals surface area contributed by atoms with E-state index in [1.807, 2.05) is 194 Å². The van der Waals surface area contributed by atoms with Crippen molar-refractivity contribution in [1.29, 1.82) is 0 Å². The Hall–Kier alpha value is -11.0. The minimum atomic E-state index is -1.40. The molecule has 3 aliphatic rings. The average molecular weight is 1530 g/mol. The highest BCUT2D eigenvalue weighted by molar-refractivity contribution is 9.10. The number of nitrogens with two attached hydrogens (primary N) is 3. The number of fused-ring (bicyclic) bond motifs is 4. The van der Waals surface area contributed by atoms with Gasteiger partial charge in [-0.15, -0.1) is 0 Å². The van der Waals surface area contributed by atoms with Gasteiger partial charge in [0.25, 0.3) is 0 Å². The van der Waals surface area contributed by atoms with Crippen molar-refractivity contribution in [2.75, 3.05) is 78.1 Å². The van der Waals surface area contributed by atoms with E-state index in [-0.39, 0.29) is 0 Å². The summed E-state index contributed by atoms with van der Waals surface area (Å²) in [6.07, 6.45) is 11.6. The van der Waals surface area contributed by atoms with Crippen LogP contribution >= 0.6 is 15.9 Å². The lowest BCUT2D eigenvalue weighted by Crippen LogP contribution is -2.30. The number of rotatable bonds is 10. The van der Waals surface area contributed by atoms with E-state index in [4.69, 9.17) is 50.9 Å². The lowest BCUT2D eigenvalue weighted by Gasteiger charge is -2.23. The molecule has 109 heavy (non-hydrogen) atoms. The minimum absolute atomic E-state index is 0.339. The maximum Gasteiger partial charge on any atom is 0.489 e. The molecule has 3 fully saturated rings. The molecule has 2 amide bonds. The number of pyridine rings is 4. The number of ketones is 1. The number of aryl methyl sites for hydroxylation is 1. The number of ether oxygens (including phenoxy) is 5. The maximum atomic E-state index is 12.3. The average Bonchev–Trinajstić information content (AvgIpc) is 0.814. The fraction of sp³-hybridized carbons (Fsp3) is 0.267. The fourth-order valence-corrected chi connectivity index (χ4v) is 12.6. The van der Waals surface area contributed by atoms with Gasteiger partial charge in [-0.05, 0) is 211 Å². The molecule has 0 aliphatic carbocycles. The monoisotopic (exact) mass is 1530 g/mol. The Labute approximate surface area is 645 Å². The Balaban J connectivity index is 0.000000148. The van der Waals surface area contributed by atoms with Crippen LogP contribution in [0, 0.1) is 6.92 Å². The predicted octanol–water partition coefficient (Wildman–Crippen LogP) is 17.4. The molecule has 21 nitrogen and oxygen atoms in total. The van der Waals surface area contributed by atoms with E-state index >= 15 is 0 Å². The Morgan fingerprint density at radius 2 is 0.835 bits per heavy atom. The van der Waals surface area contributed by atoms with Crippen molar-refractivity contribution < 1.29 is 48.1 Å². The summed E-state index contributed by atoms with van der Waals surface area (Å²) in [5.74, 6) is 3.17. The van der Waals surface area contributed by atoms with E-state index in [0.717, 1.165) is 162 Å². The molecule has 7 heterocycles. The maximum absolute atomic E-state index is 12.3. The Kier molecular flexibility index (Phi) is 28.6. The first-order valence-corrected chi connectivity index (χ1v) is 37.2. The highest BCUT2D eigenvalue weighted by atomic mass is 79.9. The lowest BCUT2D eigenvalue weighted by molar-refractivity contribution is -0.124. The molecule has 12 aromatic rings. The molecule has 15 rings (SSSR count). The van der Waals surface area contributed by atoms with Gasteiger partial charge in [0.15, 0.2) is 0 Å². The van der Waals surface area contributed by atoms with Crippen LogP contribution in [0.4, 0.5) is 49.9 Å². The van der Waals surface area contributed by atoms with Gasteiger partial charge >= 0.3 is 19.3 Å². The number of Topliss-reactive ketones (excluding diaryl/α,β-unsaturated/α-hetero) is 1. The number of carbonyl (C=O) groups excluding carboxylic acids is 3. The van der Waals surface area contributed by atoms with Crippen molar-refractivity contribution in [3.63, 3.8) is 0 Å². The van der Waals surface area contributed by atoms with Crippen LogP contribution in [0.15, 0.2) is 223 Å². The zero-order chi connectivity index (χ0) is 77.5. The molecule has 0 spiro atoms. The third-order valence-corrected chi connectivity index (χ3v) is 18.2. The zero-order valence-corrected chi connectivity index (χ0v) is 64.1. The minimum Gasteiger partial charge on any atom is -0.444 e. The van der Waals surface area contributed by atoms with E-state index < -0.39 is 30.5 Å². The highest BCUT2D eigenvalue weighted by Gasteiger charge is 2.22. The second-order valence-electron chi connectivity index (χ2n) is 28.3. The number of hydrogen-bond donors (Lipinski definition) is 9. The van der Waals surface area contributed by atoms with E-state index in [9.17, 15) is 14.4 Å². The van der Waals surface area contributed by atoms with Gasteiger partial charge in [0.1, 0.15) is 40.3 Å². The quantitative estimate of drug-likeness (QED) is 0.0454. The molecule has 0 saturated carbocycles. The van der Waals surface area contributed by atoms with Crippen molar-refractivity contribution in [3.8, 4) is 33.4 Å². The first-order chi connectivity index (χ1) is 52.4. The van der Waals surface area contributed by atoms with Crippen LogP contribution in [-0.4, -0.2) is 118 Å². The summed E-state index contributed by atoms with van der Waals surface area (Å²) < 4.78 is 27.4. The highest BCUT2D eigenvalue weighted by Crippen LogP contribution is 2.37. The molecule has 8 aromatic carbocycles. The van der Waals surface area contributed by atoms with Crippen LogP contribution in [0.5, 0.6) is 0 Å². The van der Waals surface area contributed by atoms with E-state index in [0.29, 0.717) is 66.7 Å². The first-order valence-electron chi connectivity index (χ1n) is 36.4. The van der Waals surface area contributed by atoms with Crippen molar-refractivity contribution in [1.82, 2.24) is 19.9 Å². The van der Waals surface area contributed by atoms with Crippen molar-refractivity contribution >= 4 is 130 Å². The Morgan fingerprint density at radius 3 is 1.22 bits per heavy atom. The molecule has 3 saturated heterocycles.